The van der Waals surface area contributed by atoms with Crippen LogP contribution in [-0.4, -0.2) is 41.9 Å². The van der Waals surface area contributed by atoms with Gasteiger partial charge in [0.05, 0.1) is 32.8 Å². The first-order chi connectivity index (χ1) is 15.3. The summed E-state index contributed by atoms with van der Waals surface area (Å²) in [5.74, 6) is 2.06. The zero-order chi connectivity index (χ0) is 22.9. The third-order valence-electron chi connectivity index (χ3n) is 5.74. The van der Waals surface area contributed by atoms with Crippen molar-refractivity contribution in [2.75, 3.05) is 27.6 Å². The molecule has 0 amide bonds. The molecule has 0 radical (unpaired) electrons. The number of carbonyl (C=O) groups excluding carboxylic acids is 1. The van der Waals surface area contributed by atoms with Crippen molar-refractivity contribution in [3.63, 3.8) is 0 Å². The van der Waals surface area contributed by atoms with Crippen molar-refractivity contribution < 1.29 is 32.9 Å². The zero-order valence-electron chi connectivity index (χ0n) is 19.2. The van der Waals surface area contributed by atoms with Gasteiger partial charge in [0.25, 0.3) is 0 Å². The number of cyclic esters (lactones) is 1. The summed E-state index contributed by atoms with van der Waals surface area (Å²) in [4.78, 5) is 12.8. The maximum Gasteiger partial charge on any atom is 0.309 e. The molecule has 3 atom stereocenters. The van der Waals surface area contributed by atoms with E-state index in [1.807, 2.05) is 36.4 Å². The minimum Gasteiger partial charge on any atom is -0.493 e. The Kier molecular flexibility index (Phi) is 6.35. The lowest BCUT2D eigenvalue weighted by Crippen LogP contribution is -2.34. The topological polar surface area (TPSA) is 72.5 Å². The lowest BCUT2D eigenvalue weighted by atomic mass is 9.83. The van der Waals surface area contributed by atoms with Crippen LogP contribution in [0.2, 0.25) is 19.6 Å². The second-order valence-electron chi connectivity index (χ2n) is 9.06. The number of rotatable bonds is 8. The molecule has 0 unspecified atom stereocenters. The van der Waals surface area contributed by atoms with Gasteiger partial charge in [-0.3, -0.25) is 4.79 Å². The summed E-state index contributed by atoms with van der Waals surface area (Å²) in [5.41, 5.74) is 1.95. The number of methoxy groups -OCH3 is 2. The smallest absolute Gasteiger partial charge is 0.309 e. The Morgan fingerprint density at radius 3 is 2.44 bits per heavy atom. The van der Waals surface area contributed by atoms with Gasteiger partial charge in [-0.25, -0.2) is 0 Å². The fraction of sp³-hybridized carbons (Fsp3) is 0.458. The van der Waals surface area contributed by atoms with Gasteiger partial charge in [-0.05, 0) is 61.5 Å². The summed E-state index contributed by atoms with van der Waals surface area (Å²) in [6, 6.07) is 11.6. The number of esters is 1. The van der Waals surface area contributed by atoms with E-state index in [-0.39, 0.29) is 30.7 Å². The first-order valence-electron chi connectivity index (χ1n) is 10.7. The maximum atomic E-state index is 12.8. The Balaban J connectivity index is 1.65. The molecule has 0 aromatic heterocycles. The van der Waals surface area contributed by atoms with Crippen LogP contribution in [0.5, 0.6) is 23.0 Å². The lowest BCUT2D eigenvalue weighted by Gasteiger charge is -2.32. The van der Waals surface area contributed by atoms with Crippen LogP contribution in [-0.2, 0) is 20.4 Å². The van der Waals surface area contributed by atoms with Crippen LogP contribution in [0.25, 0.3) is 0 Å². The van der Waals surface area contributed by atoms with Crippen molar-refractivity contribution >= 4 is 14.3 Å². The van der Waals surface area contributed by atoms with Crippen molar-refractivity contribution in [3.05, 3.63) is 47.5 Å². The summed E-state index contributed by atoms with van der Waals surface area (Å²) < 4.78 is 34.0. The van der Waals surface area contributed by atoms with E-state index < -0.39 is 8.32 Å². The van der Waals surface area contributed by atoms with E-state index in [9.17, 15) is 4.79 Å². The lowest BCUT2D eigenvalue weighted by molar-refractivity contribution is -0.141. The van der Waals surface area contributed by atoms with E-state index in [0.29, 0.717) is 30.3 Å². The standard InChI is InChI=1S/C24H30O7Si/c1-26-19-9-7-16(12-21(19)27-2)23(31-32(3,4)5)18-13-28-24(25)17(18)10-15-6-8-20-22(11-15)30-14-29-20/h6-9,11-12,17-18,23H,10,13-14H2,1-5H3/t17-,18+,23-/m0/s1. The van der Waals surface area contributed by atoms with Gasteiger partial charge in [-0.2, -0.15) is 0 Å². The average Bonchev–Trinajstić information content (AvgIpc) is 3.37. The van der Waals surface area contributed by atoms with Crippen molar-refractivity contribution in [2.45, 2.75) is 32.2 Å². The third-order valence-corrected chi connectivity index (χ3v) is 6.70. The molecule has 2 aliphatic rings. The average molecular weight is 459 g/mol. The molecule has 172 valence electrons. The number of ether oxygens (including phenoxy) is 5. The van der Waals surface area contributed by atoms with E-state index in [2.05, 4.69) is 19.6 Å². The van der Waals surface area contributed by atoms with Crippen LogP contribution in [0, 0.1) is 11.8 Å². The molecule has 2 heterocycles. The molecule has 2 aliphatic heterocycles. The fourth-order valence-electron chi connectivity index (χ4n) is 4.24. The van der Waals surface area contributed by atoms with Gasteiger partial charge in [-0.15, -0.1) is 0 Å². The third kappa shape index (κ3) is 4.71. The van der Waals surface area contributed by atoms with Gasteiger partial charge < -0.3 is 28.1 Å². The van der Waals surface area contributed by atoms with Gasteiger partial charge >= 0.3 is 5.97 Å². The van der Waals surface area contributed by atoms with Crippen LogP contribution < -0.4 is 18.9 Å². The highest BCUT2D eigenvalue weighted by Crippen LogP contribution is 2.43. The Morgan fingerprint density at radius 1 is 0.969 bits per heavy atom. The van der Waals surface area contributed by atoms with Crippen LogP contribution in [0.3, 0.4) is 0 Å². The normalized spacial score (nSPS) is 20.7. The van der Waals surface area contributed by atoms with Gasteiger partial charge in [-0.1, -0.05) is 12.1 Å². The molecular formula is C24H30O7Si. The first-order valence-corrected chi connectivity index (χ1v) is 14.1. The van der Waals surface area contributed by atoms with Crippen LogP contribution in [0.15, 0.2) is 36.4 Å². The largest absolute Gasteiger partial charge is 0.493 e. The Bertz CT molecular complexity index is 985. The molecular weight excluding hydrogens is 428 g/mol. The Morgan fingerprint density at radius 2 is 1.72 bits per heavy atom. The monoisotopic (exact) mass is 458 g/mol. The molecule has 0 N–H and O–H groups in total. The minimum atomic E-state index is -1.95. The molecule has 2 aromatic rings. The molecule has 2 aromatic carbocycles. The highest BCUT2D eigenvalue weighted by molar-refractivity contribution is 6.69. The summed E-state index contributed by atoms with van der Waals surface area (Å²) in [7, 11) is 1.27. The minimum absolute atomic E-state index is 0.127. The Labute approximate surface area is 189 Å². The molecule has 4 rings (SSSR count). The molecule has 1 fully saturated rings. The van der Waals surface area contributed by atoms with Crippen molar-refractivity contribution in [1.82, 2.24) is 0 Å². The summed E-state index contributed by atoms with van der Waals surface area (Å²) >= 11 is 0. The zero-order valence-corrected chi connectivity index (χ0v) is 20.2. The summed E-state index contributed by atoms with van der Waals surface area (Å²) in [5, 5.41) is 0. The first kappa shape index (κ1) is 22.5. The number of benzene rings is 2. The van der Waals surface area contributed by atoms with Gasteiger partial charge in [0.1, 0.15) is 0 Å². The van der Waals surface area contributed by atoms with Crippen molar-refractivity contribution in [2.24, 2.45) is 11.8 Å². The van der Waals surface area contributed by atoms with Crippen LogP contribution >= 0.6 is 0 Å². The molecule has 0 spiro atoms. The van der Waals surface area contributed by atoms with Gasteiger partial charge in [0, 0.05) is 5.92 Å². The van der Waals surface area contributed by atoms with E-state index >= 15 is 0 Å². The summed E-state index contributed by atoms with van der Waals surface area (Å²) in [6.07, 6.45) is 0.242. The summed E-state index contributed by atoms with van der Waals surface area (Å²) in [6.45, 7) is 6.97. The van der Waals surface area contributed by atoms with Crippen molar-refractivity contribution in [1.29, 1.82) is 0 Å². The molecule has 0 bridgehead atoms. The SMILES string of the molecule is COc1ccc([C@H](O[Si](C)(C)C)[C@@H]2COC(=O)[C@H]2Cc2ccc3c(c2)OCO3)cc1OC. The molecule has 1 saturated heterocycles. The van der Waals surface area contributed by atoms with Crippen LogP contribution in [0.1, 0.15) is 17.2 Å². The predicted octanol–water partition coefficient (Wildman–Crippen LogP) is 4.36. The van der Waals surface area contributed by atoms with Gasteiger partial charge in [0.2, 0.25) is 6.79 Å². The predicted molar refractivity (Wildman–Crippen MR) is 121 cm³/mol. The quantitative estimate of drug-likeness (QED) is 0.430. The van der Waals surface area contributed by atoms with E-state index in [1.165, 1.54) is 0 Å². The van der Waals surface area contributed by atoms with Crippen molar-refractivity contribution in [3.8, 4) is 23.0 Å². The number of carbonyl (C=O) groups is 1. The highest BCUT2D eigenvalue weighted by Gasteiger charge is 2.44. The highest BCUT2D eigenvalue weighted by atomic mass is 28.4. The molecule has 32 heavy (non-hydrogen) atoms. The van der Waals surface area contributed by atoms with Crippen LogP contribution in [0.4, 0.5) is 0 Å². The van der Waals surface area contributed by atoms with E-state index in [1.54, 1.807) is 14.2 Å². The second kappa shape index (κ2) is 9.03. The molecule has 7 nitrogen and oxygen atoms in total. The number of fused-ring (bicyclic) bond motifs is 1. The Hall–Kier alpha value is -2.71. The second-order valence-corrected chi connectivity index (χ2v) is 13.5. The van der Waals surface area contributed by atoms with Gasteiger partial charge in [0.15, 0.2) is 31.3 Å². The number of hydrogen-bond donors (Lipinski definition) is 0. The molecule has 0 saturated carbocycles. The fourth-order valence-corrected chi connectivity index (χ4v) is 5.32. The van der Waals surface area contributed by atoms with E-state index in [4.69, 9.17) is 28.1 Å². The molecule has 8 heteroatoms. The molecule has 0 aliphatic carbocycles. The van der Waals surface area contributed by atoms with E-state index in [0.717, 1.165) is 16.9 Å². The maximum absolute atomic E-state index is 12.8. The number of hydrogen-bond acceptors (Lipinski definition) is 7.